The van der Waals surface area contributed by atoms with Crippen molar-refractivity contribution in [2.45, 2.75) is 74.7 Å². The van der Waals surface area contributed by atoms with E-state index in [-0.39, 0.29) is 22.5 Å². The molecule has 0 amide bonds. The third kappa shape index (κ3) is 2.64. The molecule has 2 aromatic rings. The second kappa shape index (κ2) is 7.34. The summed E-state index contributed by atoms with van der Waals surface area (Å²) in [6.07, 6.45) is 8.91. The Labute approximate surface area is 208 Å². The zero-order valence-corrected chi connectivity index (χ0v) is 20.9. The van der Waals surface area contributed by atoms with E-state index in [1.807, 2.05) is 7.11 Å². The molecule has 5 aliphatic carbocycles. The van der Waals surface area contributed by atoms with Crippen LogP contribution in [0.15, 0.2) is 48.5 Å². The summed E-state index contributed by atoms with van der Waals surface area (Å²) in [6, 6.07) is 18.1. The van der Waals surface area contributed by atoms with Gasteiger partial charge in [-0.05, 0) is 74.6 Å². The molecule has 2 aliphatic heterocycles. The van der Waals surface area contributed by atoms with Crippen LogP contribution < -0.4 is 4.74 Å². The summed E-state index contributed by atoms with van der Waals surface area (Å²) in [5.74, 6) is 2.45. The smallest absolute Gasteiger partial charge is 0.138 e. The molecule has 1 saturated heterocycles. The summed E-state index contributed by atoms with van der Waals surface area (Å²) in [6.45, 7) is 3.93. The lowest BCUT2D eigenvalue weighted by atomic mass is 9.35. The van der Waals surface area contributed by atoms with Crippen molar-refractivity contribution in [2.75, 3.05) is 26.8 Å². The summed E-state index contributed by atoms with van der Waals surface area (Å²) < 4.78 is 20.1. The molecular formula is C31H37NO3. The number of likely N-dealkylation sites (tertiary alicyclic amines) is 1. The van der Waals surface area contributed by atoms with Crippen molar-refractivity contribution in [1.29, 1.82) is 0 Å². The first-order chi connectivity index (χ1) is 17.2. The van der Waals surface area contributed by atoms with Crippen molar-refractivity contribution in [3.05, 3.63) is 65.2 Å². The zero-order valence-electron chi connectivity index (χ0n) is 20.9. The molecule has 7 aliphatic rings. The molecule has 4 heteroatoms. The number of hydrogen-bond donors (Lipinski definition) is 0. The van der Waals surface area contributed by atoms with Crippen molar-refractivity contribution in [3.8, 4) is 5.75 Å². The number of benzene rings is 2. The average molecular weight is 472 g/mol. The van der Waals surface area contributed by atoms with Crippen molar-refractivity contribution in [3.63, 3.8) is 0 Å². The van der Waals surface area contributed by atoms with Gasteiger partial charge in [0.05, 0.1) is 13.2 Å². The van der Waals surface area contributed by atoms with Gasteiger partial charge in [0, 0.05) is 42.0 Å². The Morgan fingerprint density at radius 3 is 2.74 bits per heavy atom. The maximum absolute atomic E-state index is 7.03. The van der Waals surface area contributed by atoms with Crippen LogP contribution in [0.4, 0.5) is 0 Å². The number of methoxy groups -OCH3 is 1. The number of hydrogen-bond acceptors (Lipinski definition) is 4. The molecule has 0 aromatic heterocycles. The number of ether oxygens (including phenoxy) is 3. The Morgan fingerprint density at radius 2 is 1.91 bits per heavy atom. The van der Waals surface area contributed by atoms with Crippen LogP contribution in [0.2, 0.25) is 0 Å². The molecule has 2 aromatic carbocycles. The largest absolute Gasteiger partial charge is 0.486 e. The molecule has 5 fully saturated rings. The molecule has 9 rings (SSSR count). The molecule has 0 radical (unpaired) electrons. The van der Waals surface area contributed by atoms with Crippen LogP contribution in [0.5, 0.6) is 5.75 Å². The van der Waals surface area contributed by atoms with E-state index in [2.05, 4.69) is 53.4 Å². The molecule has 0 unspecified atom stereocenters. The first-order valence-corrected chi connectivity index (χ1v) is 13.9. The molecule has 184 valence electrons. The van der Waals surface area contributed by atoms with Gasteiger partial charge in [-0.1, -0.05) is 42.5 Å². The molecular weight excluding hydrogens is 434 g/mol. The second-order valence-corrected chi connectivity index (χ2v) is 12.4. The number of nitrogens with zero attached hydrogens (tertiary/aromatic N) is 1. The minimum absolute atomic E-state index is 0.103. The fourth-order valence-electron chi connectivity index (χ4n) is 9.61. The van der Waals surface area contributed by atoms with E-state index in [4.69, 9.17) is 14.2 Å². The Bertz CT molecular complexity index is 1150. The maximum atomic E-state index is 7.03. The Hall–Kier alpha value is -1.88. The summed E-state index contributed by atoms with van der Waals surface area (Å²) in [5.41, 5.74) is 4.47. The summed E-state index contributed by atoms with van der Waals surface area (Å²) in [4.78, 5) is 2.92. The van der Waals surface area contributed by atoms with Crippen molar-refractivity contribution < 1.29 is 14.2 Å². The predicted octanol–water partition coefficient (Wildman–Crippen LogP) is 5.13. The van der Waals surface area contributed by atoms with Gasteiger partial charge in [0.25, 0.3) is 0 Å². The SMILES string of the molecule is CO[C@]12CC[C@@]3(C[C@@H]1COCc1ccccc1)[C@H]1Cc4cccc5c4[C@@]3(CCN1CC1CC1)[C@H]2O5. The Kier molecular flexibility index (Phi) is 4.45. The lowest BCUT2D eigenvalue weighted by Gasteiger charge is -2.74. The van der Waals surface area contributed by atoms with Crippen LogP contribution in [0.1, 0.15) is 55.2 Å². The molecule has 4 saturated carbocycles. The average Bonchev–Trinajstić information content (AvgIpc) is 3.63. The van der Waals surface area contributed by atoms with Gasteiger partial charge < -0.3 is 14.2 Å². The minimum atomic E-state index is -0.269. The quantitative estimate of drug-likeness (QED) is 0.560. The zero-order chi connectivity index (χ0) is 23.3. The Balaban J connectivity index is 1.20. The van der Waals surface area contributed by atoms with E-state index in [9.17, 15) is 0 Å². The molecule has 35 heavy (non-hydrogen) atoms. The fraction of sp³-hybridized carbons (Fsp3) is 0.613. The molecule has 0 N–H and O–H groups in total. The van der Waals surface area contributed by atoms with Gasteiger partial charge in [-0.15, -0.1) is 0 Å². The van der Waals surface area contributed by atoms with E-state index in [0.29, 0.717) is 18.6 Å². The third-order valence-electron chi connectivity index (χ3n) is 11.1. The maximum Gasteiger partial charge on any atom is 0.138 e. The summed E-state index contributed by atoms with van der Waals surface area (Å²) >= 11 is 0. The van der Waals surface area contributed by atoms with Crippen molar-refractivity contribution in [2.24, 2.45) is 17.3 Å². The number of fused-ring (bicyclic) bond motifs is 2. The van der Waals surface area contributed by atoms with Crippen LogP contribution in [0.3, 0.4) is 0 Å². The predicted molar refractivity (Wildman–Crippen MR) is 135 cm³/mol. The van der Waals surface area contributed by atoms with E-state index in [1.54, 1.807) is 11.1 Å². The van der Waals surface area contributed by atoms with Gasteiger partial charge in [0.1, 0.15) is 17.5 Å². The van der Waals surface area contributed by atoms with Crippen LogP contribution in [0, 0.1) is 17.3 Å². The monoisotopic (exact) mass is 471 g/mol. The highest BCUT2D eigenvalue weighted by Crippen LogP contribution is 2.76. The van der Waals surface area contributed by atoms with E-state index < -0.39 is 0 Å². The third-order valence-corrected chi connectivity index (χ3v) is 11.1. The minimum Gasteiger partial charge on any atom is -0.486 e. The van der Waals surface area contributed by atoms with Crippen LogP contribution in [-0.2, 0) is 27.9 Å². The van der Waals surface area contributed by atoms with Gasteiger partial charge in [-0.2, -0.15) is 0 Å². The highest BCUT2D eigenvalue weighted by molar-refractivity contribution is 5.58. The normalized spacial score (nSPS) is 40.4. The van der Waals surface area contributed by atoms with Crippen LogP contribution in [-0.4, -0.2) is 49.5 Å². The lowest BCUT2D eigenvalue weighted by molar-refractivity contribution is -0.283. The van der Waals surface area contributed by atoms with Gasteiger partial charge in [-0.3, -0.25) is 4.90 Å². The molecule has 4 bridgehead atoms. The van der Waals surface area contributed by atoms with E-state index in [0.717, 1.165) is 24.7 Å². The molecule has 2 spiro atoms. The highest BCUT2D eigenvalue weighted by atomic mass is 16.6. The lowest BCUT2D eigenvalue weighted by Crippen LogP contribution is -2.81. The van der Waals surface area contributed by atoms with Gasteiger partial charge in [0.15, 0.2) is 0 Å². The first-order valence-electron chi connectivity index (χ1n) is 13.9. The number of piperidine rings is 1. The summed E-state index contributed by atoms with van der Waals surface area (Å²) in [5, 5.41) is 0. The van der Waals surface area contributed by atoms with Crippen molar-refractivity contribution in [1.82, 2.24) is 4.90 Å². The number of rotatable bonds is 7. The fourth-order valence-corrected chi connectivity index (χ4v) is 9.61. The summed E-state index contributed by atoms with van der Waals surface area (Å²) in [7, 11) is 1.94. The molecule has 4 nitrogen and oxygen atoms in total. The van der Waals surface area contributed by atoms with E-state index in [1.165, 1.54) is 57.2 Å². The van der Waals surface area contributed by atoms with E-state index >= 15 is 0 Å². The van der Waals surface area contributed by atoms with Crippen LogP contribution in [0.25, 0.3) is 0 Å². The highest BCUT2D eigenvalue weighted by Gasteiger charge is 2.80. The topological polar surface area (TPSA) is 30.9 Å². The first kappa shape index (κ1) is 21.2. The van der Waals surface area contributed by atoms with Crippen LogP contribution >= 0.6 is 0 Å². The van der Waals surface area contributed by atoms with Gasteiger partial charge >= 0.3 is 0 Å². The molecule has 6 atom stereocenters. The van der Waals surface area contributed by atoms with Gasteiger partial charge in [0.2, 0.25) is 0 Å². The second-order valence-electron chi connectivity index (χ2n) is 12.4. The standard InChI is InChI=1S/C31H37NO3/c1-33-31-13-12-29(17-24(31)20-34-19-22-6-3-2-4-7-22)26-16-23-8-5-9-25-27(23)30(29,28(31)35-25)14-15-32(26)18-21-10-11-21/h2-9,21,24,26,28H,10-20H2,1H3/t24-,26-,28-,29-,30+,31-/m1/s1. The van der Waals surface area contributed by atoms with Gasteiger partial charge in [-0.25, -0.2) is 0 Å². The van der Waals surface area contributed by atoms with Crippen molar-refractivity contribution >= 4 is 0 Å². The molecule has 2 heterocycles. The Morgan fingerprint density at radius 1 is 1.03 bits per heavy atom.